The topological polar surface area (TPSA) is 105 Å². The number of carboxylic acids is 1. The lowest BCUT2D eigenvalue weighted by molar-refractivity contribution is -0.139. The summed E-state index contributed by atoms with van der Waals surface area (Å²) in [6, 6.07) is 15.4. The van der Waals surface area contributed by atoms with E-state index >= 15 is 0 Å². The van der Waals surface area contributed by atoms with Crippen molar-refractivity contribution in [2.45, 2.75) is 69.9 Å². The Hall–Kier alpha value is -3.35. The van der Waals surface area contributed by atoms with Gasteiger partial charge in [-0.1, -0.05) is 74.7 Å². The highest BCUT2D eigenvalue weighted by Crippen LogP contribution is 2.44. The molecule has 2 aliphatic rings. The summed E-state index contributed by atoms with van der Waals surface area (Å²) in [5.41, 5.74) is 4.57. The molecule has 7 nitrogen and oxygen atoms in total. The summed E-state index contributed by atoms with van der Waals surface area (Å²) in [6.07, 6.45) is 4.09. The molecule has 1 saturated carbocycles. The van der Waals surface area contributed by atoms with Crippen molar-refractivity contribution in [1.82, 2.24) is 10.6 Å². The average molecular weight is 479 g/mol. The molecule has 2 aliphatic carbocycles. The van der Waals surface area contributed by atoms with E-state index in [1.807, 2.05) is 31.2 Å². The Balaban J connectivity index is 1.37. The number of fused-ring (bicyclic) bond motifs is 3. The Morgan fingerprint density at radius 2 is 1.63 bits per heavy atom. The minimum atomic E-state index is -0.849. The molecule has 7 heteroatoms. The van der Waals surface area contributed by atoms with Gasteiger partial charge in [0.05, 0.1) is 6.42 Å². The fourth-order valence-corrected chi connectivity index (χ4v) is 5.49. The number of carbonyl (C=O) groups is 3. The van der Waals surface area contributed by atoms with Gasteiger partial charge in [0.1, 0.15) is 12.6 Å². The third-order valence-corrected chi connectivity index (χ3v) is 7.20. The van der Waals surface area contributed by atoms with Crippen LogP contribution in [0.25, 0.3) is 11.1 Å². The molecule has 3 atom stereocenters. The number of ether oxygens (including phenoxy) is 1. The van der Waals surface area contributed by atoms with Gasteiger partial charge in [0.15, 0.2) is 0 Å². The van der Waals surface area contributed by atoms with E-state index in [9.17, 15) is 19.5 Å². The SMILES string of the molecule is CCCC(NC(=O)OCC1c2ccccc2-c2ccccc21)C(=O)NC1CCCCC1CC(=O)O. The first-order valence-corrected chi connectivity index (χ1v) is 12.6. The van der Waals surface area contributed by atoms with Gasteiger partial charge >= 0.3 is 12.1 Å². The maximum atomic E-state index is 13.0. The molecule has 0 heterocycles. The Bertz CT molecular complexity index is 1020. The van der Waals surface area contributed by atoms with E-state index in [4.69, 9.17) is 4.74 Å². The van der Waals surface area contributed by atoms with Crippen LogP contribution >= 0.6 is 0 Å². The lowest BCUT2D eigenvalue weighted by Crippen LogP contribution is -2.52. The molecule has 1 fully saturated rings. The molecule has 0 radical (unpaired) electrons. The summed E-state index contributed by atoms with van der Waals surface area (Å²) >= 11 is 0. The molecular formula is C28H34N2O5. The second kappa shape index (κ2) is 11.4. The van der Waals surface area contributed by atoms with Crippen LogP contribution in [0.3, 0.4) is 0 Å². The standard InChI is InChI=1S/C28H34N2O5/c1-2-9-25(27(33)29-24-15-8-3-10-18(24)16-26(31)32)30-28(34)35-17-23-21-13-6-4-11-19(21)20-12-5-7-14-22(20)23/h4-7,11-14,18,23-25H,2-3,8-10,15-17H2,1H3,(H,29,33)(H,30,34)(H,31,32). The predicted molar refractivity (Wildman–Crippen MR) is 133 cm³/mol. The van der Waals surface area contributed by atoms with Crippen molar-refractivity contribution < 1.29 is 24.2 Å². The zero-order valence-electron chi connectivity index (χ0n) is 20.2. The van der Waals surface area contributed by atoms with Gasteiger partial charge in [0.25, 0.3) is 0 Å². The maximum Gasteiger partial charge on any atom is 0.407 e. The number of benzene rings is 2. The molecule has 2 aromatic rings. The van der Waals surface area contributed by atoms with Crippen molar-refractivity contribution in [2.24, 2.45) is 5.92 Å². The minimum absolute atomic E-state index is 0.0448. The fraction of sp³-hybridized carbons (Fsp3) is 0.464. The van der Waals surface area contributed by atoms with Crippen molar-refractivity contribution in [3.8, 4) is 11.1 Å². The normalized spacial score (nSPS) is 19.8. The number of hydrogen-bond donors (Lipinski definition) is 3. The Morgan fingerprint density at radius 3 is 2.26 bits per heavy atom. The van der Waals surface area contributed by atoms with Crippen molar-refractivity contribution in [2.75, 3.05) is 6.61 Å². The largest absolute Gasteiger partial charge is 0.481 e. The number of hydrogen-bond acceptors (Lipinski definition) is 4. The van der Waals surface area contributed by atoms with Crippen LogP contribution in [-0.4, -0.2) is 41.8 Å². The van der Waals surface area contributed by atoms with Crippen molar-refractivity contribution in [3.63, 3.8) is 0 Å². The highest BCUT2D eigenvalue weighted by atomic mass is 16.5. The highest BCUT2D eigenvalue weighted by Gasteiger charge is 2.32. The molecule has 2 amide bonds. The van der Waals surface area contributed by atoms with E-state index in [-0.39, 0.29) is 36.8 Å². The molecule has 0 aliphatic heterocycles. The molecule has 0 spiro atoms. The zero-order valence-corrected chi connectivity index (χ0v) is 20.2. The molecule has 3 unspecified atom stereocenters. The van der Waals surface area contributed by atoms with Gasteiger partial charge < -0.3 is 20.5 Å². The van der Waals surface area contributed by atoms with Crippen LogP contribution in [0.1, 0.15) is 68.9 Å². The summed E-state index contributed by atoms with van der Waals surface area (Å²) in [5, 5.41) is 15.0. The van der Waals surface area contributed by atoms with E-state index in [0.29, 0.717) is 12.8 Å². The van der Waals surface area contributed by atoms with Gasteiger partial charge in [-0.05, 0) is 47.4 Å². The first-order valence-electron chi connectivity index (χ1n) is 12.6. The number of carbonyl (C=O) groups excluding carboxylic acids is 2. The van der Waals surface area contributed by atoms with Crippen molar-refractivity contribution >= 4 is 18.0 Å². The molecular weight excluding hydrogens is 444 g/mol. The van der Waals surface area contributed by atoms with Gasteiger partial charge in [0, 0.05) is 12.0 Å². The third kappa shape index (κ3) is 5.84. The molecule has 0 bridgehead atoms. The van der Waals surface area contributed by atoms with Crippen LogP contribution in [-0.2, 0) is 14.3 Å². The maximum absolute atomic E-state index is 13.0. The molecule has 4 rings (SSSR count). The van der Waals surface area contributed by atoms with Gasteiger partial charge in [0.2, 0.25) is 5.91 Å². The van der Waals surface area contributed by atoms with Gasteiger partial charge in [-0.25, -0.2) is 4.79 Å². The second-order valence-electron chi connectivity index (χ2n) is 9.57. The highest BCUT2D eigenvalue weighted by molar-refractivity contribution is 5.86. The van der Waals surface area contributed by atoms with Gasteiger partial charge in [-0.2, -0.15) is 0 Å². The quantitative estimate of drug-likeness (QED) is 0.478. The average Bonchev–Trinajstić information content (AvgIpc) is 3.17. The van der Waals surface area contributed by atoms with Gasteiger partial charge in [-0.3, -0.25) is 9.59 Å². The second-order valence-corrected chi connectivity index (χ2v) is 9.57. The van der Waals surface area contributed by atoms with Crippen LogP contribution in [0, 0.1) is 5.92 Å². The summed E-state index contributed by atoms with van der Waals surface area (Å²) in [5.74, 6) is -1.26. The molecule has 3 N–H and O–H groups in total. The predicted octanol–water partition coefficient (Wildman–Crippen LogP) is 4.84. The van der Waals surface area contributed by atoms with Crippen LogP contribution in [0.5, 0.6) is 0 Å². The molecule has 0 aromatic heterocycles. The lowest BCUT2D eigenvalue weighted by Gasteiger charge is -2.32. The Morgan fingerprint density at radius 1 is 1.00 bits per heavy atom. The van der Waals surface area contributed by atoms with Crippen LogP contribution in [0.15, 0.2) is 48.5 Å². The minimum Gasteiger partial charge on any atom is -0.481 e. The Kier molecular flexibility index (Phi) is 8.06. The smallest absolute Gasteiger partial charge is 0.407 e. The summed E-state index contributed by atoms with van der Waals surface area (Å²) < 4.78 is 5.62. The zero-order chi connectivity index (χ0) is 24.8. The van der Waals surface area contributed by atoms with Crippen LogP contribution < -0.4 is 10.6 Å². The lowest BCUT2D eigenvalue weighted by atomic mass is 9.82. The fourth-order valence-electron chi connectivity index (χ4n) is 5.49. The number of nitrogens with one attached hydrogen (secondary N) is 2. The van der Waals surface area contributed by atoms with Crippen molar-refractivity contribution in [1.29, 1.82) is 0 Å². The summed E-state index contributed by atoms with van der Waals surface area (Å²) in [6.45, 7) is 2.14. The van der Waals surface area contributed by atoms with E-state index in [1.165, 1.54) is 0 Å². The molecule has 0 saturated heterocycles. The number of aliphatic carboxylic acids is 1. The van der Waals surface area contributed by atoms with E-state index in [0.717, 1.165) is 47.9 Å². The summed E-state index contributed by atoms with van der Waals surface area (Å²) in [4.78, 5) is 37.0. The number of rotatable bonds is 9. The van der Waals surface area contributed by atoms with Crippen molar-refractivity contribution in [3.05, 3.63) is 59.7 Å². The van der Waals surface area contributed by atoms with Crippen LogP contribution in [0.2, 0.25) is 0 Å². The number of amides is 2. The molecule has 35 heavy (non-hydrogen) atoms. The first-order chi connectivity index (χ1) is 17.0. The number of alkyl carbamates (subject to hydrolysis) is 1. The van der Waals surface area contributed by atoms with Gasteiger partial charge in [-0.15, -0.1) is 0 Å². The number of carboxylic acid groups (broad SMARTS) is 1. The van der Waals surface area contributed by atoms with E-state index < -0.39 is 18.1 Å². The molecule has 186 valence electrons. The van der Waals surface area contributed by atoms with E-state index in [2.05, 4.69) is 34.9 Å². The monoisotopic (exact) mass is 478 g/mol. The van der Waals surface area contributed by atoms with Crippen LogP contribution in [0.4, 0.5) is 4.79 Å². The Labute approximate surface area is 206 Å². The third-order valence-electron chi connectivity index (χ3n) is 7.20. The summed E-state index contributed by atoms with van der Waals surface area (Å²) in [7, 11) is 0. The molecule has 2 aromatic carbocycles. The first kappa shape index (κ1) is 24.8. The van der Waals surface area contributed by atoms with E-state index in [1.54, 1.807) is 0 Å².